The van der Waals surface area contributed by atoms with Gasteiger partial charge in [0.25, 0.3) is 10.0 Å². The molecule has 3 N–H and O–H groups in total. The third-order valence-electron chi connectivity index (χ3n) is 4.47. The largest absolute Gasteiger partial charge is 0.478 e. The van der Waals surface area contributed by atoms with Crippen molar-refractivity contribution in [2.45, 2.75) is 37.2 Å². The van der Waals surface area contributed by atoms with E-state index in [4.69, 9.17) is 0 Å². The Bertz CT molecular complexity index is 972. The number of para-hydroxylation sites is 1. The summed E-state index contributed by atoms with van der Waals surface area (Å²) in [6, 6.07) is 6.46. The molecule has 0 heterocycles. The first kappa shape index (κ1) is 18.3. The van der Waals surface area contributed by atoms with Gasteiger partial charge in [0.15, 0.2) is 0 Å². The Hall–Kier alpha value is -2.45. The molecule has 0 atom stereocenters. The number of aryl methyl sites for hydroxylation is 1. The summed E-state index contributed by atoms with van der Waals surface area (Å²) in [5.74, 6) is -2.04. The Morgan fingerprint density at radius 1 is 1.19 bits per heavy atom. The van der Waals surface area contributed by atoms with Gasteiger partial charge in [0, 0.05) is 5.56 Å². The van der Waals surface area contributed by atoms with Gasteiger partial charge >= 0.3 is 5.97 Å². The van der Waals surface area contributed by atoms with E-state index in [1.165, 1.54) is 18.2 Å². The van der Waals surface area contributed by atoms with Crippen LogP contribution in [0.3, 0.4) is 0 Å². The second-order valence-corrected chi connectivity index (χ2v) is 7.81. The molecule has 0 fully saturated rings. The van der Waals surface area contributed by atoms with E-state index in [9.17, 15) is 27.8 Å². The predicted molar refractivity (Wildman–Crippen MR) is 93.2 cm³/mol. The molecule has 0 spiro atoms. The van der Waals surface area contributed by atoms with Crippen LogP contribution in [0.5, 0.6) is 0 Å². The number of benzene rings is 2. The third kappa shape index (κ3) is 3.42. The molecule has 3 rings (SSSR count). The molecule has 0 amide bonds. The molecule has 1 aliphatic carbocycles. The van der Waals surface area contributed by atoms with Crippen molar-refractivity contribution in [1.82, 2.24) is 0 Å². The molecule has 2 aromatic carbocycles. The first-order valence-electron chi connectivity index (χ1n) is 8.13. The van der Waals surface area contributed by atoms with E-state index in [0.29, 0.717) is 24.0 Å². The Kier molecular flexibility index (Phi) is 4.97. The summed E-state index contributed by atoms with van der Waals surface area (Å²) in [5, 5.41) is 18.6. The van der Waals surface area contributed by atoms with Gasteiger partial charge in [0.2, 0.25) is 0 Å². The summed E-state index contributed by atoms with van der Waals surface area (Å²) in [4.78, 5) is 11.2. The number of rotatable bonds is 5. The Labute approximate surface area is 150 Å². The number of halogens is 1. The number of aliphatic hydroxyl groups excluding tert-OH is 1. The summed E-state index contributed by atoms with van der Waals surface area (Å²) in [6.07, 6.45) is 2.75. The molecule has 6 nitrogen and oxygen atoms in total. The van der Waals surface area contributed by atoms with Gasteiger partial charge < -0.3 is 10.2 Å². The molecule has 1 aliphatic rings. The number of carboxylic acids is 1. The van der Waals surface area contributed by atoms with Gasteiger partial charge in [-0.3, -0.25) is 4.72 Å². The summed E-state index contributed by atoms with van der Waals surface area (Å²) in [5.41, 5.74) is 0.891. The van der Waals surface area contributed by atoms with Gasteiger partial charge in [0.1, 0.15) is 5.82 Å². The number of carboxylic acid groups (broad SMARTS) is 1. The van der Waals surface area contributed by atoms with Crippen molar-refractivity contribution < 1.29 is 27.8 Å². The van der Waals surface area contributed by atoms with Gasteiger partial charge in [-0.2, -0.15) is 0 Å². The number of hydrogen-bond acceptors (Lipinski definition) is 4. The summed E-state index contributed by atoms with van der Waals surface area (Å²) in [7, 11) is -4.23. The first-order valence-corrected chi connectivity index (χ1v) is 9.62. The minimum Gasteiger partial charge on any atom is -0.478 e. The molecule has 0 aromatic heterocycles. The summed E-state index contributed by atoms with van der Waals surface area (Å²) in [6.45, 7) is -0.539. The normalized spacial score (nSPS) is 13.9. The minimum absolute atomic E-state index is 0.0943. The van der Waals surface area contributed by atoms with Gasteiger partial charge in [-0.25, -0.2) is 17.6 Å². The van der Waals surface area contributed by atoms with E-state index in [1.54, 1.807) is 0 Å². The van der Waals surface area contributed by atoms with Crippen molar-refractivity contribution in [3.8, 4) is 0 Å². The maximum Gasteiger partial charge on any atom is 0.335 e. The van der Waals surface area contributed by atoms with Crippen LogP contribution in [0.25, 0.3) is 0 Å². The topological polar surface area (TPSA) is 104 Å². The van der Waals surface area contributed by atoms with Crippen LogP contribution in [0.15, 0.2) is 35.2 Å². The maximum atomic E-state index is 14.1. The fraction of sp³-hybridized carbons (Fsp3) is 0.278. The van der Waals surface area contributed by atoms with Gasteiger partial charge in [0.05, 0.1) is 22.8 Å². The Morgan fingerprint density at radius 3 is 2.62 bits per heavy atom. The van der Waals surface area contributed by atoms with E-state index in [1.807, 2.05) is 0 Å². The lowest BCUT2D eigenvalue weighted by Crippen LogP contribution is -2.20. The number of aromatic carboxylic acids is 1. The van der Waals surface area contributed by atoms with Crippen LogP contribution in [-0.4, -0.2) is 24.6 Å². The highest BCUT2D eigenvalue weighted by molar-refractivity contribution is 7.92. The lowest BCUT2D eigenvalue weighted by atomic mass is 9.90. The summed E-state index contributed by atoms with van der Waals surface area (Å²) < 4.78 is 42.1. The zero-order valence-corrected chi connectivity index (χ0v) is 14.6. The fourth-order valence-electron chi connectivity index (χ4n) is 3.19. The molecule has 0 saturated heterocycles. The Morgan fingerprint density at radius 2 is 1.92 bits per heavy atom. The van der Waals surface area contributed by atoms with E-state index >= 15 is 0 Å². The lowest BCUT2D eigenvalue weighted by Gasteiger charge is -2.21. The predicted octanol–water partition coefficient (Wildman–Crippen LogP) is 2.70. The van der Waals surface area contributed by atoms with Crippen molar-refractivity contribution in [3.05, 3.63) is 58.4 Å². The fourth-order valence-corrected chi connectivity index (χ4v) is 4.64. The van der Waals surface area contributed by atoms with E-state index in [0.717, 1.165) is 25.0 Å². The van der Waals surface area contributed by atoms with Crippen molar-refractivity contribution in [2.24, 2.45) is 0 Å². The molecule has 0 aliphatic heterocycles. The second kappa shape index (κ2) is 7.05. The van der Waals surface area contributed by atoms with Crippen molar-refractivity contribution >= 4 is 21.7 Å². The van der Waals surface area contributed by atoms with Gasteiger partial charge in [-0.05, 0) is 55.0 Å². The van der Waals surface area contributed by atoms with Crippen LogP contribution in [-0.2, 0) is 29.5 Å². The molecule has 0 saturated carbocycles. The number of nitrogens with one attached hydrogen (secondary N) is 1. The second-order valence-electron chi connectivity index (χ2n) is 6.16. The van der Waals surface area contributed by atoms with Crippen LogP contribution in [0, 0.1) is 5.82 Å². The molecular formula is C18H18FNO5S. The van der Waals surface area contributed by atoms with Crippen LogP contribution in [0.4, 0.5) is 10.1 Å². The molecule has 138 valence electrons. The molecule has 2 aromatic rings. The molecule has 0 radical (unpaired) electrons. The van der Waals surface area contributed by atoms with E-state index in [-0.39, 0.29) is 21.7 Å². The smallest absolute Gasteiger partial charge is 0.335 e. The summed E-state index contributed by atoms with van der Waals surface area (Å²) >= 11 is 0. The zero-order valence-electron chi connectivity index (χ0n) is 13.8. The Balaban J connectivity index is 2.13. The molecule has 26 heavy (non-hydrogen) atoms. The van der Waals surface area contributed by atoms with E-state index < -0.39 is 28.4 Å². The van der Waals surface area contributed by atoms with Gasteiger partial charge in [-0.15, -0.1) is 0 Å². The molecule has 0 unspecified atom stereocenters. The van der Waals surface area contributed by atoms with Crippen molar-refractivity contribution in [1.29, 1.82) is 0 Å². The van der Waals surface area contributed by atoms with Crippen molar-refractivity contribution in [3.63, 3.8) is 0 Å². The number of fused-ring (bicyclic) bond motifs is 1. The average molecular weight is 379 g/mol. The van der Waals surface area contributed by atoms with Crippen LogP contribution in [0.2, 0.25) is 0 Å². The quantitative estimate of drug-likeness (QED) is 0.741. The van der Waals surface area contributed by atoms with Crippen LogP contribution in [0.1, 0.15) is 39.9 Å². The standard InChI is InChI=1S/C18H18FNO5S/c19-15-7-3-5-12(10-21)17(15)20-26(24,25)16-9-13(18(22)23)8-11-4-1-2-6-14(11)16/h3,5,7-9,20-21H,1-2,4,6,10H2,(H,22,23). The van der Waals surface area contributed by atoms with Crippen molar-refractivity contribution in [2.75, 3.05) is 4.72 Å². The lowest BCUT2D eigenvalue weighted by molar-refractivity contribution is 0.0696. The van der Waals surface area contributed by atoms with Crippen LogP contribution >= 0.6 is 0 Å². The highest BCUT2D eigenvalue weighted by Gasteiger charge is 2.26. The minimum atomic E-state index is -4.23. The molecule has 8 heteroatoms. The molecular weight excluding hydrogens is 361 g/mol. The number of hydrogen-bond donors (Lipinski definition) is 3. The highest BCUT2D eigenvalue weighted by atomic mass is 32.2. The average Bonchev–Trinajstić information content (AvgIpc) is 2.62. The third-order valence-corrected chi connectivity index (χ3v) is 5.88. The SMILES string of the molecule is O=C(O)c1cc2c(c(S(=O)(=O)Nc3c(F)cccc3CO)c1)CCCC2. The zero-order chi connectivity index (χ0) is 18.9. The molecule has 0 bridgehead atoms. The maximum absolute atomic E-state index is 14.1. The first-order chi connectivity index (χ1) is 12.3. The number of anilines is 1. The monoisotopic (exact) mass is 379 g/mol. The highest BCUT2D eigenvalue weighted by Crippen LogP contribution is 2.31. The number of aliphatic hydroxyl groups is 1. The van der Waals surface area contributed by atoms with E-state index in [2.05, 4.69) is 4.72 Å². The van der Waals surface area contributed by atoms with Gasteiger partial charge in [-0.1, -0.05) is 12.1 Å². The number of sulfonamides is 1. The van der Waals surface area contributed by atoms with Crippen LogP contribution < -0.4 is 4.72 Å². The number of carbonyl (C=O) groups is 1.